The van der Waals surface area contributed by atoms with Crippen molar-refractivity contribution in [1.29, 1.82) is 0 Å². The van der Waals surface area contributed by atoms with Crippen LogP contribution in [0.3, 0.4) is 0 Å². The van der Waals surface area contributed by atoms with E-state index in [4.69, 9.17) is 4.74 Å². The van der Waals surface area contributed by atoms with Crippen molar-refractivity contribution < 1.29 is 4.74 Å². The van der Waals surface area contributed by atoms with E-state index in [1.165, 1.54) is 33.3 Å². The first kappa shape index (κ1) is 18.4. The standard InChI is InChI=1S/C23H28N4O/c1-16-19(20-5-3-4-6-21(20)27-16)10-13-26-23(24-2)25-12-9-17-7-8-22-18(15-17)11-14-28-22/h3-8,15,27H,9-14H2,1-2H3,(H2,24,25,26). The Morgan fingerprint density at radius 2 is 1.93 bits per heavy atom. The molecule has 1 aliphatic heterocycles. The fraction of sp³-hybridized carbons (Fsp3) is 0.348. The maximum atomic E-state index is 5.58. The summed E-state index contributed by atoms with van der Waals surface area (Å²) in [6.07, 6.45) is 2.95. The number of guanidine groups is 1. The topological polar surface area (TPSA) is 61.4 Å². The maximum absolute atomic E-state index is 5.58. The first-order chi connectivity index (χ1) is 13.7. The summed E-state index contributed by atoms with van der Waals surface area (Å²) < 4.78 is 5.58. The van der Waals surface area contributed by atoms with Gasteiger partial charge in [-0.05, 0) is 48.6 Å². The normalized spacial score (nSPS) is 13.4. The molecule has 4 rings (SSSR count). The molecule has 3 aromatic rings. The van der Waals surface area contributed by atoms with Gasteiger partial charge in [-0.15, -0.1) is 0 Å². The molecule has 28 heavy (non-hydrogen) atoms. The number of aromatic nitrogens is 1. The Labute approximate surface area is 166 Å². The molecule has 1 aromatic heterocycles. The van der Waals surface area contributed by atoms with Crippen molar-refractivity contribution in [1.82, 2.24) is 15.6 Å². The summed E-state index contributed by atoms with van der Waals surface area (Å²) in [6, 6.07) is 15.0. The van der Waals surface area contributed by atoms with Gasteiger partial charge >= 0.3 is 0 Å². The number of benzene rings is 2. The van der Waals surface area contributed by atoms with Crippen LogP contribution in [-0.2, 0) is 19.3 Å². The molecule has 0 atom stereocenters. The van der Waals surface area contributed by atoms with Crippen molar-refractivity contribution >= 4 is 16.9 Å². The number of para-hydroxylation sites is 1. The fourth-order valence-corrected chi connectivity index (χ4v) is 3.90. The molecule has 1 aliphatic rings. The van der Waals surface area contributed by atoms with Gasteiger partial charge in [0.1, 0.15) is 5.75 Å². The quantitative estimate of drug-likeness (QED) is 0.457. The zero-order chi connectivity index (χ0) is 19.3. The SMILES string of the molecule is CN=C(NCCc1ccc2c(c1)CCO2)NCCc1c(C)[nH]c2ccccc12. The summed E-state index contributed by atoms with van der Waals surface area (Å²) >= 11 is 0. The monoisotopic (exact) mass is 376 g/mol. The zero-order valence-electron chi connectivity index (χ0n) is 16.6. The van der Waals surface area contributed by atoms with Crippen LogP contribution in [0, 0.1) is 6.92 Å². The van der Waals surface area contributed by atoms with Crippen LogP contribution in [0.15, 0.2) is 47.5 Å². The third-order valence-electron chi connectivity index (χ3n) is 5.38. The van der Waals surface area contributed by atoms with E-state index in [0.717, 1.165) is 50.7 Å². The van der Waals surface area contributed by atoms with Gasteiger partial charge in [0.2, 0.25) is 0 Å². The van der Waals surface area contributed by atoms with E-state index in [-0.39, 0.29) is 0 Å². The predicted octanol–water partition coefficient (Wildman–Crippen LogP) is 3.36. The van der Waals surface area contributed by atoms with Crippen molar-refractivity contribution in [2.75, 3.05) is 26.7 Å². The van der Waals surface area contributed by atoms with Crippen LogP contribution in [0.2, 0.25) is 0 Å². The highest BCUT2D eigenvalue weighted by Crippen LogP contribution is 2.26. The lowest BCUT2D eigenvalue weighted by Crippen LogP contribution is -2.39. The number of rotatable bonds is 6. The van der Waals surface area contributed by atoms with Gasteiger partial charge in [-0.1, -0.05) is 30.3 Å². The molecule has 0 bridgehead atoms. The second-order valence-electron chi connectivity index (χ2n) is 7.24. The van der Waals surface area contributed by atoms with Crippen molar-refractivity contribution in [3.05, 3.63) is 64.8 Å². The van der Waals surface area contributed by atoms with Gasteiger partial charge in [-0.2, -0.15) is 0 Å². The highest BCUT2D eigenvalue weighted by atomic mass is 16.5. The Balaban J connectivity index is 1.26. The predicted molar refractivity (Wildman–Crippen MR) is 115 cm³/mol. The minimum Gasteiger partial charge on any atom is -0.493 e. The van der Waals surface area contributed by atoms with E-state index in [1.807, 2.05) is 7.05 Å². The summed E-state index contributed by atoms with van der Waals surface area (Å²) in [7, 11) is 1.82. The molecular formula is C23H28N4O. The summed E-state index contributed by atoms with van der Waals surface area (Å²) in [5.74, 6) is 1.89. The van der Waals surface area contributed by atoms with Crippen molar-refractivity contribution in [3.8, 4) is 5.75 Å². The third kappa shape index (κ3) is 3.98. The van der Waals surface area contributed by atoms with E-state index >= 15 is 0 Å². The van der Waals surface area contributed by atoms with Crippen LogP contribution >= 0.6 is 0 Å². The second-order valence-corrected chi connectivity index (χ2v) is 7.24. The van der Waals surface area contributed by atoms with Crippen molar-refractivity contribution in [2.45, 2.75) is 26.2 Å². The molecular weight excluding hydrogens is 348 g/mol. The largest absolute Gasteiger partial charge is 0.493 e. The average molecular weight is 377 g/mol. The van der Waals surface area contributed by atoms with Gasteiger partial charge in [0.05, 0.1) is 6.61 Å². The molecule has 5 heteroatoms. The summed E-state index contributed by atoms with van der Waals surface area (Å²) in [5, 5.41) is 8.16. The number of nitrogens with zero attached hydrogens (tertiary/aromatic N) is 1. The van der Waals surface area contributed by atoms with Gasteiger partial charge in [0.15, 0.2) is 5.96 Å². The number of H-pyrrole nitrogens is 1. The number of hydrogen-bond acceptors (Lipinski definition) is 2. The molecule has 0 spiro atoms. The minimum atomic E-state index is 0.809. The molecule has 0 radical (unpaired) electrons. The molecule has 0 fully saturated rings. The van der Waals surface area contributed by atoms with E-state index in [2.05, 4.69) is 70.0 Å². The van der Waals surface area contributed by atoms with Crippen molar-refractivity contribution in [2.24, 2.45) is 4.99 Å². The van der Waals surface area contributed by atoms with Crippen LogP contribution in [0.25, 0.3) is 10.9 Å². The number of ether oxygens (including phenoxy) is 1. The first-order valence-electron chi connectivity index (χ1n) is 10.00. The number of fused-ring (bicyclic) bond motifs is 2. The Kier molecular flexibility index (Phi) is 5.51. The van der Waals surface area contributed by atoms with Gasteiger partial charge in [0, 0.05) is 43.2 Å². The van der Waals surface area contributed by atoms with Gasteiger partial charge in [-0.25, -0.2) is 0 Å². The lowest BCUT2D eigenvalue weighted by Gasteiger charge is -2.12. The van der Waals surface area contributed by atoms with Gasteiger partial charge in [0.25, 0.3) is 0 Å². The van der Waals surface area contributed by atoms with Crippen LogP contribution in [0.1, 0.15) is 22.4 Å². The van der Waals surface area contributed by atoms with Crippen LogP contribution in [0.5, 0.6) is 5.75 Å². The Morgan fingerprint density at radius 3 is 2.79 bits per heavy atom. The summed E-state index contributed by atoms with van der Waals surface area (Å²) in [4.78, 5) is 7.81. The van der Waals surface area contributed by atoms with E-state index < -0.39 is 0 Å². The molecule has 2 heterocycles. The number of aromatic amines is 1. The fourth-order valence-electron chi connectivity index (χ4n) is 3.90. The van der Waals surface area contributed by atoms with Crippen molar-refractivity contribution in [3.63, 3.8) is 0 Å². The molecule has 0 unspecified atom stereocenters. The Hall–Kier alpha value is -2.95. The summed E-state index contributed by atoms with van der Waals surface area (Å²) in [6.45, 7) is 4.65. The van der Waals surface area contributed by atoms with Crippen LogP contribution in [-0.4, -0.2) is 37.7 Å². The van der Waals surface area contributed by atoms with Gasteiger partial charge in [-0.3, -0.25) is 4.99 Å². The number of aryl methyl sites for hydroxylation is 1. The maximum Gasteiger partial charge on any atom is 0.190 e. The minimum absolute atomic E-state index is 0.809. The van der Waals surface area contributed by atoms with E-state index in [1.54, 1.807) is 0 Å². The molecule has 2 aromatic carbocycles. The Morgan fingerprint density at radius 1 is 1.11 bits per heavy atom. The van der Waals surface area contributed by atoms with Crippen LogP contribution < -0.4 is 15.4 Å². The number of nitrogens with one attached hydrogen (secondary N) is 3. The smallest absolute Gasteiger partial charge is 0.190 e. The highest BCUT2D eigenvalue weighted by molar-refractivity contribution is 5.84. The molecule has 0 saturated heterocycles. The lowest BCUT2D eigenvalue weighted by molar-refractivity contribution is 0.357. The molecule has 0 amide bonds. The van der Waals surface area contributed by atoms with Gasteiger partial charge < -0.3 is 20.4 Å². The molecule has 5 nitrogen and oxygen atoms in total. The molecule has 0 saturated carbocycles. The summed E-state index contributed by atoms with van der Waals surface area (Å²) in [5.41, 5.74) is 6.48. The first-order valence-corrected chi connectivity index (χ1v) is 10.00. The third-order valence-corrected chi connectivity index (χ3v) is 5.38. The van der Waals surface area contributed by atoms with Crippen LogP contribution in [0.4, 0.5) is 0 Å². The number of hydrogen-bond donors (Lipinski definition) is 3. The molecule has 146 valence electrons. The average Bonchev–Trinajstić information content (AvgIpc) is 3.30. The molecule has 3 N–H and O–H groups in total. The zero-order valence-corrected chi connectivity index (χ0v) is 16.6. The number of aliphatic imine (C=N–C) groups is 1. The Bertz CT molecular complexity index is 989. The van der Waals surface area contributed by atoms with E-state index in [9.17, 15) is 0 Å². The lowest BCUT2D eigenvalue weighted by atomic mass is 10.1. The molecule has 0 aliphatic carbocycles. The van der Waals surface area contributed by atoms with E-state index in [0.29, 0.717) is 0 Å². The second kappa shape index (κ2) is 8.38. The highest BCUT2D eigenvalue weighted by Gasteiger charge is 2.12.